The highest BCUT2D eigenvalue weighted by atomic mass is 14.7. The van der Waals surface area contributed by atoms with Crippen molar-refractivity contribution in [2.75, 3.05) is 0 Å². The highest BCUT2D eigenvalue weighted by molar-refractivity contribution is 5.27. The number of nitrogens with two attached hydrogens (primary N) is 1. The number of hydrogen-bond donors (Lipinski definition) is 1. The first-order valence-electron chi connectivity index (χ1n) is 4.95. The van der Waals surface area contributed by atoms with Crippen molar-refractivity contribution in [1.82, 2.24) is 0 Å². The molecular weight excluding hydrogens is 170 g/mol. The quantitative estimate of drug-likeness (QED) is 0.723. The van der Waals surface area contributed by atoms with E-state index in [0.717, 1.165) is 12.0 Å². The molecule has 1 heteroatoms. The molecule has 0 aliphatic carbocycles. The maximum atomic E-state index is 6.33. The average Bonchev–Trinajstić information content (AvgIpc) is 2.28. The molecule has 0 aliphatic rings. The third-order valence-electron chi connectivity index (χ3n) is 2.92. The molecule has 0 radical (unpaired) electrons. The Morgan fingerprint density at radius 3 is 2.43 bits per heavy atom. The van der Waals surface area contributed by atoms with Gasteiger partial charge >= 0.3 is 0 Å². The van der Waals surface area contributed by atoms with Crippen LogP contribution >= 0.6 is 0 Å². The zero-order valence-electron chi connectivity index (χ0n) is 8.83. The first-order valence-corrected chi connectivity index (χ1v) is 4.95. The summed E-state index contributed by atoms with van der Waals surface area (Å²) in [5, 5.41) is 0. The molecule has 1 rings (SSSR count). The van der Waals surface area contributed by atoms with Crippen molar-refractivity contribution >= 4 is 0 Å². The molecule has 0 heterocycles. The van der Waals surface area contributed by atoms with Crippen molar-refractivity contribution in [2.45, 2.75) is 25.8 Å². The maximum Gasteiger partial charge on any atom is 0.0543 e. The summed E-state index contributed by atoms with van der Waals surface area (Å²) in [6, 6.07) is 10.1. The lowest BCUT2D eigenvalue weighted by atomic mass is 9.78. The third-order valence-corrected chi connectivity index (χ3v) is 2.92. The van der Waals surface area contributed by atoms with Crippen LogP contribution < -0.4 is 5.73 Å². The van der Waals surface area contributed by atoms with Crippen LogP contribution in [0.5, 0.6) is 0 Å². The van der Waals surface area contributed by atoms with Gasteiger partial charge in [-0.1, -0.05) is 37.3 Å². The molecular formula is C13H17N. The van der Waals surface area contributed by atoms with Crippen LogP contribution in [0.1, 0.15) is 25.8 Å². The monoisotopic (exact) mass is 187 g/mol. The standard InChI is InChI=1S/C13H17N/c1-4-11(3)13(14,5-2)12-9-7-6-8-10-12/h1,6-11H,5,14H2,2-3H3. The Morgan fingerprint density at radius 1 is 1.43 bits per heavy atom. The van der Waals surface area contributed by atoms with E-state index in [1.54, 1.807) is 0 Å². The van der Waals surface area contributed by atoms with Crippen molar-refractivity contribution in [3.63, 3.8) is 0 Å². The first kappa shape index (κ1) is 10.8. The molecule has 0 saturated heterocycles. The zero-order chi connectivity index (χ0) is 10.6. The Kier molecular flexibility index (Phi) is 3.33. The van der Waals surface area contributed by atoms with Gasteiger partial charge in [-0.05, 0) is 18.9 Å². The van der Waals surface area contributed by atoms with Gasteiger partial charge in [0.25, 0.3) is 0 Å². The minimum absolute atomic E-state index is 0.0508. The van der Waals surface area contributed by atoms with Crippen LogP contribution in [0, 0.1) is 18.3 Å². The van der Waals surface area contributed by atoms with Gasteiger partial charge < -0.3 is 5.73 Å². The van der Waals surface area contributed by atoms with Gasteiger partial charge in [0.1, 0.15) is 0 Å². The molecule has 0 saturated carbocycles. The van der Waals surface area contributed by atoms with Gasteiger partial charge in [-0.3, -0.25) is 0 Å². The zero-order valence-corrected chi connectivity index (χ0v) is 8.83. The number of hydrogen-bond acceptors (Lipinski definition) is 1. The van der Waals surface area contributed by atoms with Crippen molar-refractivity contribution in [3.8, 4) is 12.3 Å². The van der Waals surface area contributed by atoms with Crippen LogP contribution in [0.4, 0.5) is 0 Å². The van der Waals surface area contributed by atoms with Gasteiger partial charge in [-0.25, -0.2) is 0 Å². The fourth-order valence-corrected chi connectivity index (χ4v) is 1.66. The Bertz CT molecular complexity index is 323. The lowest BCUT2D eigenvalue weighted by Crippen LogP contribution is -2.41. The van der Waals surface area contributed by atoms with Crippen LogP contribution in [0.15, 0.2) is 30.3 Å². The minimum atomic E-state index is -0.393. The van der Waals surface area contributed by atoms with Crippen LogP contribution in [0.25, 0.3) is 0 Å². The van der Waals surface area contributed by atoms with Gasteiger partial charge in [0.2, 0.25) is 0 Å². The second-order valence-corrected chi connectivity index (χ2v) is 3.65. The summed E-state index contributed by atoms with van der Waals surface area (Å²) >= 11 is 0. The molecule has 0 fully saturated rings. The second-order valence-electron chi connectivity index (χ2n) is 3.65. The molecule has 0 aromatic heterocycles. The van der Waals surface area contributed by atoms with Crippen LogP contribution in [0.3, 0.4) is 0 Å². The predicted octanol–water partition coefficient (Wildman–Crippen LogP) is 2.52. The fraction of sp³-hybridized carbons (Fsp3) is 0.385. The van der Waals surface area contributed by atoms with Gasteiger partial charge in [0.15, 0.2) is 0 Å². The number of terminal acetylenes is 1. The molecule has 2 atom stereocenters. The summed E-state index contributed by atoms with van der Waals surface area (Å²) in [6.07, 6.45) is 6.29. The van der Waals surface area contributed by atoms with Crippen molar-refractivity contribution in [1.29, 1.82) is 0 Å². The predicted molar refractivity (Wildman–Crippen MR) is 60.6 cm³/mol. The lowest BCUT2D eigenvalue weighted by molar-refractivity contribution is 0.345. The maximum absolute atomic E-state index is 6.33. The molecule has 0 spiro atoms. The smallest absolute Gasteiger partial charge is 0.0543 e. The van der Waals surface area contributed by atoms with Crippen molar-refractivity contribution < 1.29 is 0 Å². The average molecular weight is 187 g/mol. The van der Waals surface area contributed by atoms with E-state index >= 15 is 0 Å². The molecule has 2 unspecified atom stereocenters. The summed E-state index contributed by atoms with van der Waals surface area (Å²) in [4.78, 5) is 0. The normalized spacial score (nSPS) is 16.7. The van der Waals surface area contributed by atoms with Crippen LogP contribution in [-0.2, 0) is 5.54 Å². The highest BCUT2D eigenvalue weighted by Gasteiger charge is 2.30. The molecule has 0 bridgehead atoms. The largest absolute Gasteiger partial charge is 0.320 e. The van der Waals surface area contributed by atoms with Crippen LogP contribution in [0.2, 0.25) is 0 Å². The Balaban J connectivity index is 3.09. The number of rotatable bonds is 3. The molecule has 0 amide bonds. The Morgan fingerprint density at radius 2 is 2.00 bits per heavy atom. The van der Waals surface area contributed by atoms with E-state index in [1.165, 1.54) is 0 Å². The van der Waals surface area contributed by atoms with Gasteiger partial charge in [-0.2, -0.15) is 0 Å². The summed E-state index contributed by atoms with van der Waals surface area (Å²) in [5.74, 6) is 2.78. The minimum Gasteiger partial charge on any atom is -0.320 e. The molecule has 1 aromatic rings. The van der Waals surface area contributed by atoms with Gasteiger partial charge in [-0.15, -0.1) is 12.3 Å². The summed E-state index contributed by atoms with van der Waals surface area (Å²) in [5.41, 5.74) is 7.06. The van der Waals surface area contributed by atoms with Crippen LogP contribution in [-0.4, -0.2) is 0 Å². The van der Waals surface area contributed by atoms with E-state index in [2.05, 4.69) is 12.8 Å². The molecule has 0 aliphatic heterocycles. The summed E-state index contributed by atoms with van der Waals surface area (Å²) < 4.78 is 0. The fourth-order valence-electron chi connectivity index (χ4n) is 1.66. The topological polar surface area (TPSA) is 26.0 Å². The van der Waals surface area contributed by atoms with E-state index in [0.29, 0.717) is 0 Å². The Labute approximate surface area is 86.3 Å². The van der Waals surface area contributed by atoms with Gasteiger partial charge in [0.05, 0.1) is 5.54 Å². The van der Waals surface area contributed by atoms with Crippen molar-refractivity contribution in [3.05, 3.63) is 35.9 Å². The third kappa shape index (κ3) is 1.81. The molecule has 2 N–H and O–H groups in total. The van der Waals surface area contributed by atoms with E-state index in [4.69, 9.17) is 12.2 Å². The SMILES string of the molecule is C#CC(C)C(N)(CC)c1ccccc1. The molecule has 74 valence electrons. The second kappa shape index (κ2) is 4.30. The summed E-state index contributed by atoms with van der Waals surface area (Å²) in [7, 11) is 0. The van der Waals surface area contributed by atoms with E-state index in [-0.39, 0.29) is 5.92 Å². The number of benzene rings is 1. The molecule has 1 aromatic carbocycles. The van der Waals surface area contributed by atoms with E-state index in [1.807, 2.05) is 37.3 Å². The first-order chi connectivity index (χ1) is 6.65. The van der Waals surface area contributed by atoms with Gasteiger partial charge in [0, 0.05) is 5.92 Å². The van der Waals surface area contributed by atoms with E-state index < -0.39 is 5.54 Å². The Hall–Kier alpha value is -1.26. The molecule has 1 nitrogen and oxygen atoms in total. The summed E-state index contributed by atoms with van der Waals surface area (Å²) in [6.45, 7) is 4.07. The van der Waals surface area contributed by atoms with E-state index in [9.17, 15) is 0 Å². The lowest BCUT2D eigenvalue weighted by Gasteiger charge is -2.32. The molecule has 14 heavy (non-hydrogen) atoms. The van der Waals surface area contributed by atoms with Crippen molar-refractivity contribution in [2.24, 2.45) is 11.7 Å². The highest BCUT2D eigenvalue weighted by Crippen LogP contribution is 2.29.